The molecule has 11 heteroatoms. The normalized spacial score (nSPS) is 11.7. The molecule has 0 saturated heterocycles. The average Bonchev–Trinajstić information content (AvgIpc) is 2.37. The standard InChI is InChI=1S/C9H9BrN2O6S2/c10-7-1-3-9(4-2-7)20-19-6-8(18-12(15)16)5-17-11(13)14/h1-4,8H,5-6H2. The molecular formula is C9H9BrN2O6S2. The number of hydrogen-bond donors (Lipinski definition) is 0. The van der Waals surface area contributed by atoms with Crippen molar-refractivity contribution < 1.29 is 19.8 Å². The van der Waals surface area contributed by atoms with Crippen LogP contribution in [0.25, 0.3) is 0 Å². The van der Waals surface area contributed by atoms with Crippen molar-refractivity contribution in [2.24, 2.45) is 0 Å². The van der Waals surface area contributed by atoms with Crippen LogP contribution >= 0.6 is 37.5 Å². The molecule has 0 saturated carbocycles. The van der Waals surface area contributed by atoms with E-state index in [0.717, 1.165) is 9.37 Å². The summed E-state index contributed by atoms with van der Waals surface area (Å²) in [6, 6.07) is 7.48. The van der Waals surface area contributed by atoms with Gasteiger partial charge >= 0.3 is 0 Å². The lowest BCUT2D eigenvalue weighted by Gasteiger charge is -2.12. The SMILES string of the molecule is O=[N+]([O-])OCC(CSSc1ccc(Br)cc1)O[N+](=O)[O-]. The highest BCUT2D eigenvalue weighted by molar-refractivity contribution is 9.10. The van der Waals surface area contributed by atoms with E-state index in [1.807, 2.05) is 24.3 Å². The Morgan fingerprint density at radius 1 is 1.20 bits per heavy atom. The van der Waals surface area contributed by atoms with Crippen LogP contribution < -0.4 is 0 Å². The molecule has 1 unspecified atom stereocenters. The Morgan fingerprint density at radius 2 is 1.85 bits per heavy atom. The Labute approximate surface area is 129 Å². The van der Waals surface area contributed by atoms with Gasteiger partial charge in [0.2, 0.25) is 0 Å². The van der Waals surface area contributed by atoms with Crippen molar-refractivity contribution in [3.05, 3.63) is 49.0 Å². The summed E-state index contributed by atoms with van der Waals surface area (Å²) in [5.41, 5.74) is 0. The molecule has 0 aliphatic heterocycles. The molecule has 0 fully saturated rings. The van der Waals surface area contributed by atoms with Crippen LogP contribution in [0.4, 0.5) is 0 Å². The number of rotatable bonds is 9. The van der Waals surface area contributed by atoms with Gasteiger partial charge in [0.25, 0.3) is 10.2 Å². The highest BCUT2D eigenvalue weighted by Crippen LogP contribution is 2.32. The maximum Gasteiger partial charge on any atom is 0.294 e. The Balaban J connectivity index is 2.38. The molecule has 8 nitrogen and oxygen atoms in total. The van der Waals surface area contributed by atoms with Gasteiger partial charge in [0.1, 0.15) is 12.7 Å². The third kappa shape index (κ3) is 7.40. The molecule has 1 rings (SSSR count). The summed E-state index contributed by atoms with van der Waals surface area (Å²) in [5.74, 6) is 0.176. The number of hydrogen-bond acceptors (Lipinski definition) is 8. The average molecular weight is 385 g/mol. The first-order valence-electron chi connectivity index (χ1n) is 5.11. The zero-order valence-corrected chi connectivity index (χ0v) is 13.1. The van der Waals surface area contributed by atoms with Crippen LogP contribution in [0.5, 0.6) is 0 Å². The van der Waals surface area contributed by atoms with Crippen molar-refractivity contribution in [2.45, 2.75) is 11.0 Å². The smallest absolute Gasteiger partial charge is 0.294 e. The van der Waals surface area contributed by atoms with Gasteiger partial charge in [0.05, 0.1) is 0 Å². The Bertz CT molecular complexity index is 460. The van der Waals surface area contributed by atoms with Crippen molar-refractivity contribution in [3.8, 4) is 0 Å². The maximum atomic E-state index is 10.3. The van der Waals surface area contributed by atoms with E-state index in [2.05, 4.69) is 25.6 Å². The van der Waals surface area contributed by atoms with Gasteiger partial charge in [-0.2, -0.15) is 0 Å². The van der Waals surface area contributed by atoms with Gasteiger partial charge in [0.15, 0.2) is 0 Å². The molecule has 0 aliphatic rings. The third-order valence-electron chi connectivity index (χ3n) is 1.82. The van der Waals surface area contributed by atoms with E-state index in [9.17, 15) is 20.2 Å². The predicted molar refractivity (Wildman–Crippen MR) is 77.3 cm³/mol. The molecule has 0 heterocycles. The monoisotopic (exact) mass is 384 g/mol. The van der Waals surface area contributed by atoms with Gasteiger partial charge in [-0.15, -0.1) is 20.2 Å². The van der Waals surface area contributed by atoms with Crippen molar-refractivity contribution >= 4 is 37.5 Å². The van der Waals surface area contributed by atoms with Crippen molar-refractivity contribution in [1.29, 1.82) is 0 Å². The minimum absolute atomic E-state index is 0.176. The van der Waals surface area contributed by atoms with E-state index in [1.54, 1.807) is 0 Å². The minimum Gasteiger partial charge on any atom is -0.312 e. The molecule has 0 aromatic heterocycles. The molecule has 0 bridgehead atoms. The molecule has 0 spiro atoms. The summed E-state index contributed by atoms with van der Waals surface area (Å²) in [4.78, 5) is 29.7. The van der Waals surface area contributed by atoms with E-state index >= 15 is 0 Å². The van der Waals surface area contributed by atoms with Crippen molar-refractivity contribution in [1.82, 2.24) is 0 Å². The fraction of sp³-hybridized carbons (Fsp3) is 0.333. The number of nitrogens with zero attached hydrogens (tertiary/aromatic N) is 2. The van der Waals surface area contributed by atoms with E-state index in [0.29, 0.717) is 0 Å². The maximum absolute atomic E-state index is 10.3. The van der Waals surface area contributed by atoms with E-state index in [-0.39, 0.29) is 5.75 Å². The quantitative estimate of drug-likeness (QED) is 0.363. The second kappa shape index (κ2) is 8.87. The zero-order chi connectivity index (χ0) is 15.0. The summed E-state index contributed by atoms with van der Waals surface area (Å²) in [5, 5.41) is 18.3. The van der Waals surface area contributed by atoms with Gasteiger partial charge < -0.3 is 9.68 Å². The highest BCUT2D eigenvalue weighted by Gasteiger charge is 2.16. The van der Waals surface area contributed by atoms with Gasteiger partial charge in [-0.25, -0.2) is 0 Å². The molecule has 1 atom stereocenters. The molecule has 1 aromatic carbocycles. The molecule has 20 heavy (non-hydrogen) atoms. The van der Waals surface area contributed by atoms with Crippen LogP contribution in [0.3, 0.4) is 0 Å². The first kappa shape index (κ1) is 16.9. The van der Waals surface area contributed by atoms with Crippen LogP contribution in [0, 0.1) is 20.2 Å². The third-order valence-corrected chi connectivity index (χ3v) is 4.78. The summed E-state index contributed by atoms with van der Waals surface area (Å²) < 4.78 is 0.945. The lowest BCUT2D eigenvalue weighted by atomic mass is 10.4. The van der Waals surface area contributed by atoms with Gasteiger partial charge in [-0.05, 0) is 24.3 Å². The fourth-order valence-electron chi connectivity index (χ4n) is 1.04. The van der Waals surface area contributed by atoms with E-state index in [1.165, 1.54) is 21.6 Å². The molecule has 1 aromatic rings. The minimum atomic E-state index is -1.01. The largest absolute Gasteiger partial charge is 0.312 e. The van der Waals surface area contributed by atoms with Gasteiger partial charge in [-0.1, -0.05) is 37.5 Å². The first-order chi connectivity index (χ1) is 9.47. The first-order valence-corrected chi connectivity index (χ1v) is 8.22. The lowest BCUT2D eigenvalue weighted by molar-refractivity contribution is -0.788. The van der Waals surface area contributed by atoms with Crippen molar-refractivity contribution in [3.63, 3.8) is 0 Å². The topological polar surface area (TPSA) is 105 Å². The molecule has 110 valence electrons. The summed E-state index contributed by atoms with van der Waals surface area (Å²) in [6.45, 7) is -0.484. The summed E-state index contributed by atoms with van der Waals surface area (Å²) >= 11 is 3.31. The van der Waals surface area contributed by atoms with Crippen LogP contribution in [0.15, 0.2) is 33.6 Å². The fourth-order valence-corrected chi connectivity index (χ4v) is 3.47. The molecule has 0 amide bonds. The Kier molecular flexibility index (Phi) is 7.47. The summed E-state index contributed by atoms with van der Waals surface area (Å²) in [6.07, 6.45) is -0.997. The highest BCUT2D eigenvalue weighted by atomic mass is 79.9. The van der Waals surface area contributed by atoms with Crippen LogP contribution in [-0.2, 0) is 9.68 Å². The molecule has 0 radical (unpaired) electrons. The van der Waals surface area contributed by atoms with E-state index in [4.69, 9.17) is 0 Å². The molecule has 0 aliphatic carbocycles. The lowest BCUT2D eigenvalue weighted by Crippen LogP contribution is -2.26. The zero-order valence-electron chi connectivity index (χ0n) is 9.84. The second-order valence-corrected chi connectivity index (χ2v) is 6.62. The molecular weight excluding hydrogens is 376 g/mol. The molecule has 0 N–H and O–H groups in total. The predicted octanol–water partition coefficient (Wildman–Crippen LogP) is 2.97. The Morgan fingerprint density at radius 3 is 2.40 bits per heavy atom. The van der Waals surface area contributed by atoms with Crippen molar-refractivity contribution in [2.75, 3.05) is 12.4 Å². The summed E-state index contributed by atoms with van der Waals surface area (Å²) in [7, 11) is 2.67. The number of benzene rings is 1. The van der Waals surface area contributed by atoms with Crippen LogP contribution in [0.2, 0.25) is 0 Å². The van der Waals surface area contributed by atoms with Gasteiger partial charge in [-0.3, -0.25) is 0 Å². The van der Waals surface area contributed by atoms with Gasteiger partial charge in [0, 0.05) is 15.1 Å². The van der Waals surface area contributed by atoms with Crippen LogP contribution in [-0.4, -0.2) is 28.6 Å². The Hall–Kier alpha value is -1.20. The van der Waals surface area contributed by atoms with E-state index < -0.39 is 22.9 Å². The second-order valence-electron chi connectivity index (χ2n) is 3.29. The van der Waals surface area contributed by atoms with Crippen LogP contribution in [0.1, 0.15) is 0 Å². The number of halogens is 1.